The highest BCUT2D eigenvalue weighted by Gasteiger charge is 1.96. The number of nitrogens with zero attached hydrogens (tertiary/aromatic N) is 2. The summed E-state index contributed by atoms with van der Waals surface area (Å²) < 4.78 is 21.3. The lowest BCUT2D eigenvalue weighted by molar-refractivity contribution is 0.630. The van der Waals surface area contributed by atoms with Gasteiger partial charge in [-0.25, -0.2) is 8.91 Å². The highest BCUT2D eigenvalue weighted by Crippen LogP contribution is 2.05. The molecule has 2 rings (SSSR count). The molecule has 10 heavy (non-hydrogen) atoms. The smallest absolute Gasteiger partial charge is 0.148 e. The van der Waals surface area contributed by atoms with Crippen molar-refractivity contribution in [1.29, 1.82) is 0 Å². The maximum Gasteiger partial charge on any atom is 0.148 e. The minimum absolute atomic E-state index is 0.0788. The van der Waals surface area contributed by atoms with Gasteiger partial charge in [0.15, 0.2) is 0 Å². The third kappa shape index (κ3) is 0.603. The maximum atomic E-state index is 12.9. The van der Waals surface area contributed by atoms with E-state index in [1.165, 1.54) is 16.6 Å². The van der Waals surface area contributed by atoms with Gasteiger partial charge in [-0.05, 0) is 18.2 Å². The van der Waals surface area contributed by atoms with Gasteiger partial charge in [0.25, 0.3) is 0 Å². The van der Waals surface area contributed by atoms with Crippen molar-refractivity contribution in [3.63, 3.8) is 0 Å². The van der Waals surface area contributed by atoms with Gasteiger partial charge in [0, 0.05) is 6.20 Å². The molecule has 0 aromatic carbocycles. The molecular weight excluding hydrogens is 131 g/mol. The summed E-state index contributed by atoms with van der Waals surface area (Å²) in [5, 5.41) is 3.72. The zero-order chi connectivity index (χ0) is 7.84. The fraction of sp³-hybridized carbons (Fsp3) is 0. The van der Waals surface area contributed by atoms with Crippen molar-refractivity contribution < 1.29 is 5.76 Å². The monoisotopic (exact) mass is 137 g/mol. The van der Waals surface area contributed by atoms with Gasteiger partial charge in [0.1, 0.15) is 11.3 Å². The Labute approximate surface area is 58.3 Å². The van der Waals surface area contributed by atoms with E-state index in [1.807, 2.05) is 0 Å². The molecule has 0 saturated carbocycles. The Morgan fingerprint density at radius 1 is 1.60 bits per heavy atom. The summed E-state index contributed by atoms with van der Waals surface area (Å²) in [5.74, 6) is -0.349. The highest BCUT2D eigenvalue weighted by molar-refractivity contribution is 5.46. The molecule has 0 aliphatic carbocycles. The van der Waals surface area contributed by atoms with Gasteiger partial charge >= 0.3 is 0 Å². The maximum absolute atomic E-state index is 12.9. The lowest BCUT2D eigenvalue weighted by atomic mass is 10.4. The van der Waals surface area contributed by atoms with E-state index in [2.05, 4.69) is 5.10 Å². The van der Waals surface area contributed by atoms with Gasteiger partial charge in [-0.3, -0.25) is 0 Å². The van der Waals surface area contributed by atoms with Crippen LogP contribution in [0.2, 0.25) is 0 Å². The van der Waals surface area contributed by atoms with Gasteiger partial charge in [-0.1, -0.05) is 0 Å². The number of hydrogen-bond donors (Lipinski definition) is 0. The molecule has 2 nitrogen and oxygen atoms in total. The van der Waals surface area contributed by atoms with E-state index in [9.17, 15) is 4.39 Å². The Morgan fingerprint density at radius 2 is 2.50 bits per heavy atom. The molecule has 2 aromatic heterocycles. The number of rotatable bonds is 0. The van der Waals surface area contributed by atoms with Crippen LogP contribution >= 0.6 is 0 Å². The summed E-state index contributed by atoms with van der Waals surface area (Å²) >= 11 is 0. The average Bonchev–Trinajstić information content (AvgIpc) is 2.31. The quantitative estimate of drug-likeness (QED) is 0.537. The van der Waals surface area contributed by atoms with Gasteiger partial charge in [-0.15, -0.1) is 0 Å². The summed E-state index contributed by atoms with van der Waals surface area (Å²) in [6.45, 7) is 0. The Balaban J connectivity index is 2.90. The van der Waals surface area contributed by atoms with Crippen molar-refractivity contribution in [3.05, 3.63) is 36.4 Å². The molecule has 0 unspecified atom stereocenters. The first kappa shape index (κ1) is 4.44. The van der Waals surface area contributed by atoms with Crippen molar-refractivity contribution in [3.8, 4) is 0 Å². The van der Waals surface area contributed by atoms with Crippen LogP contribution in [0.3, 0.4) is 0 Å². The van der Waals surface area contributed by atoms with Crippen molar-refractivity contribution in [2.24, 2.45) is 0 Å². The Kier molecular flexibility index (Phi) is 0.799. The third-order valence-corrected chi connectivity index (χ3v) is 1.33. The molecule has 0 fully saturated rings. The molecule has 0 aliphatic rings. The number of fused-ring (bicyclic) bond motifs is 1. The second-order valence-electron chi connectivity index (χ2n) is 1.96. The van der Waals surface area contributed by atoms with Gasteiger partial charge in [0.05, 0.1) is 7.54 Å². The second kappa shape index (κ2) is 1.80. The van der Waals surface area contributed by atoms with Crippen LogP contribution in [0.1, 0.15) is 1.37 Å². The van der Waals surface area contributed by atoms with Crippen LogP contribution in [0, 0.1) is 5.82 Å². The SMILES string of the molecule is [2H]c1cc2c(F)cccn2n1. The van der Waals surface area contributed by atoms with Gasteiger partial charge < -0.3 is 0 Å². The first-order chi connectivity index (χ1) is 5.27. The predicted octanol–water partition coefficient (Wildman–Crippen LogP) is 1.47. The molecule has 2 aromatic rings. The summed E-state index contributed by atoms with van der Waals surface area (Å²) in [5.41, 5.74) is 0.345. The Bertz CT molecular complexity index is 396. The summed E-state index contributed by atoms with van der Waals surface area (Å²) in [6.07, 6.45) is 1.69. The van der Waals surface area contributed by atoms with Crippen LogP contribution in [0.5, 0.6) is 0 Å². The first-order valence-electron chi connectivity index (χ1n) is 3.38. The molecule has 2 heterocycles. The van der Waals surface area contributed by atoms with Crippen LogP contribution in [0.25, 0.3) is 5.52 Å². The molecule has 0 N–H and O–H groups in total. The Hall–Kier alpha value is -1.38. The molecule has 0 saturated heterocycles. The van der Waals surface area contributed by atoms with Crippen molar-refractivity contribution >= 4 is 5.52 Å². The van der Waals surface area contributed by atoms with E-state index in [0.717, 1.165) is 0 Å². The van der Waals surface area contributed by atoms with Crippen LogP contribution in [0.4, 0.5) is 4.39 Å². The summed E-state index contributed by atoms with van der Waals surface area (Å²) in [7, 11) is 0. The molecule has 0 amide bonds. The van der Waals surface area contributed by atoms with Crippen LogP contribution in [-0.2, 0) is 0 Å². The lowest BCUT2D eigenvalue weighted by Crippen LogP contribution is -1.86. The normalized spacial score (nSPS) is 11.9. The zero-order valence-electron chi connectivity index (χ0n) is 6.08. The number of hydrogen-bond acceptors (Lipinski definition) is 1. The van der Waals surface area contributed by atoms with Gasteiger partial charge in [-0.2, -0.15) is 5.10 Å². The fourth-order valence-corrected chi connectivity index (χ4v) is 0.859. The molecular formula is C7H5FN2. The van der Waals surface area contributed by atoms with Crippen molar-refractivity contribution in [1.82, 2.24) is 9.61 Å². The van der Waals surface area contributed by atoms with E-state index in [4.69, 9.17) is 1.37 Å². The van der Waals surface area contributed by atoms with E-state index < -0.39 is 0 Å². The van der Waals surface area contributed by atoms with Crippen LogP contribution < -0.4 is 0 Å². The molecule has 0 aliphatic heterocycles. The van der Waals surface area contributed by atoms with E-state index in [1.54, 1.807) is 12.3 Å². The first-order valence-corrected chi connectivity index (χ1v) is 2.88. The molecule has 3 heteroatoms. The molecule has 50 valence electrons. The van der Waals surface area contributed by atoms with E-state index >= 15 is 0 Å². The third-order valence-electron chi connectivity index (χ3n) is 1.33. The predicted molar refractivity (Wildman–Crippen MR) is 35.2 cm³/mol. The average molecular weight is 137 g/mol. The largest absolute Gasteiger partial charge is 0.238 e. The zero-order valence-corrected chi connectivity index (χ0v) is 5.08. The topological polar surface area (TPSA) is 17.3 Å². The number of halogens is 1. The van der Waals surface area contributed by atoms with E-state index in [-0.39, 0.29) is 12.0 Å². The summed E-state index contributed by atoms with van der Waals surface area (Å²) in [6, 6.07) is 4.28. The standard InChI is InChI=1S/C7H5FN2/c8-6-2-1-5-10-7(6)3-4-9-10/h1-5H/i4D. The second-order valence-corrected chi connectivity index (χ2v) is 1.96. The lowest BCUT2D eigenvalue weighted by Gasteiger charge is -1.90. The van der Waals surface area contributed by atoms with Crippen molar-refractivity contribution in [2.75, 3.05) is 0 Å². The minimum atomic E-state index is -0.349. The highest BCUT2D eigenvalue weighted by atomic mass is 19.1. The molecule has 0 spiro atoms. The van der Waals surface area contributed by atoms with Crippen LogP contribution in [-0.4, -0.2) is 9.61 Å². The molecule has 0 bridgehead atoms. The van der Waals surface area contributed by atoms with Crippen molar-refractivity contribution in [2.45, 2.75) is 0 Å². The molecule has 0 radical (unpaired) electrons. The number of aromatic nitrogens is 2. The summed E-state index contributed by atoms with van der Waals surface area (Å²) in [4.78, 5) is 0. The van der Waals surface area contributed by atoms with Gasteiger partial charge in [0.2, 0.25) is 0 Å². The Morgan fingerprint density at radius 3 is 3.30 bits per heavy atom. The van der Waals surface area contributed by atoms with Crippen LogP contribution in [0.15, 0.2) is 30.6 Å². The number of pyridine rings is 1. The van der Waals surface area contributed by atoms with E-state index in [0.29, 0.717) is 5.52 Å². The minimum Gasteiger partial charge on any atom is -0.238 e. The fourth-order valence-electron chi connectivity index (χ4n) is 0.859. The molecule has 0 atom stereocenters.